The number of nitrogens with two attached hydrogens (primary N) is 2. The molecule has 0 aromatic carbocycles. The molecule has 0 aromatic heterocycles. The molecule has 0 bridgehead atoms. The Balaban J connectivity index is 2.35. The van der Waals surface area contributed by atoms with Gasteiger partial charge < -0.3 is 11.5 Å². The Morgan fingerprint density at radius 3 is 2.65 bits per heavy atom. The molecule has 1 saturated heterocycles. The van der Waals surface area contributed by atoms with Crippen molar-refractivity contribution in [3.05, 3.63) is 0 Å². The molecular weight excluding hydrogens is 214 g/mol. The number of unbranched alkanes of at least 4 members (excludes halogenated alkanes) is 1. The maximum absolute atomic E-state index is 10.7. The number of piperidine rings is 1. The van der Waals surface area contributed by atoms with Crippen LogP contribution < -0.4 is 11.5 Å². The van der Waals surface area contributed by atoms with E-state index in [1.807, 2.05) is 0 Å². The zero-order valence-corrected chi connectivity index (χ0v) is 11.2. The Bertz CT molecular complexity index is 245. The Labute approximate surface area is 105 Å². The molecule has 4 N–H and O–H groups in total. The topological polar surface area (TPSA) is 72.3 Å². The van der Waals surface area contributed by atoms with Gasteiger partial charge in [0.2, 0.25) is 5.91 Å². The average molecular weight is 241 g/mol. The first-order chi connectivity index (χ1) is 8.04. The van der Waals surface area contributed by atoms with Gasteiger partial charge in [-0.15, -0.1) is 0 Å². The molecule has 0 saturated carbocycles. The molecule has 0 spiro atoms. The molecule has 3 unspecified atom stereocenters. The van der Waals surface area contributed by atoms with Crippen molar-refractivity contribution in [2.24, 2.45) is 23.3 Å². The summed E-state index contributed by atoms with van der Waals surface area (Å²) >= 11 is 0. The molecule has 3 atom stereocenters. The van der Waals surface area contributed by atoms with Crippen molar-refractivity contribution in [2.45, 2.75) is 45.6 Å². The first-order valence-corrected chi connectivity index (χ1v) is 6.77. The van der Waals surface area contributed by atoms with Crippen LogP contribution in [0.15, 0.2) is 0 Å². The quantitative estimate of drug-likeness (QED) is 0.680. The highest BCUT2D eigenvalue weighted by molar-refractivity contribution is 5.73. The maximum atomic E-state index is 10.7. The van der Waals surface area contributed by atoms with E-state index in [-0.39, 0.29) is 5.91 Å². The molecule has 1 rings (SSSR count). The van der Waals surface area contributed by atoms with E-state index in [2.05, 4.69) is 18.7 Å². The molecule has 1 fully saturated rings. The molecule has 17 heavy (non-hydrogen) atoms. The summed E-state index contributed by atoms with van der Waals surface area (Å²) in [5.74, 6) is 1.24. The maximum Gasteiger partial charge on any atom is 0.217 e. The minimum atomic E-state index is -0.194. The molecular formula is C13H27N3O. The number of hydrogen-bond acceptors (Lipinski definition) is 3. The van der Waals surface area contributed by atoms with Crippen LogP contribution in [0.3, 0.4) is 0 Å². The highest BCUT2D eigenvalue weighted by Crippen LogP contribution is 2.26. The summed E-state index contributed by atoms with van der Waals surface area (Å²) < 4.78 is 0. The number of hydrogen-bond donors (Lipinski definition) is 2. The zero-order chi connectivity index (χ0) is 12.8. The first-order valence-electron chi connectivity index (χ1n) is 6.77. The number of rotatable bonds is 6. The van der Waals surface area contributed by atoms with Gasteiger partial charge in [0.15, 0.2) is 0 Å². The van der Waals surface area contributed by atoms with Crippen molar-refractivity contribution in [2.75, 3.05) is 19.6 Å². The molecule has 100 valence electrons. The lowest BCUT2D eigenvalue weighted by Crippen LogP contribution is -2.51. The van der Waals surface area contributed by atoms with Crippen molar-refractivity contribution in [3.8, 4) is 0 Å². The number of amides is 1. The summed E-state index contributed by atoms with van der Waals surface area (Å²) in [5, 5.41) is 0. The molecule has 1 amide bonds. The van der Waals surface area contributed by atoms with E-state index in [0.29, 0.717) is 18.4 Å². The van der Waals surface area contributed by atoms with Crippen LogP contribution in [-0.4, -0.2) is 36.5 Å². The van der Waals surface area contributed by atoms with Gasteiger partial charge in [0, 0.05) is 25.6 Å². The smallest absolute Gasteiger partial charge is 0.217 e. The third kappa shape index (κ3) is 4.64. The number of carbonyl (C=O) groups excluding carboxylic acids is 1. The van der Waals surface area contributed by atoms with E-state index in [0.717, 1.165) is 38.4 Å². The van der Waals surface area contributed by atoms with Crippen molar-refractivity contribution < 1.29 is 4.79 Å². The summed E-state index contributed by atoms with van der Waals surface area (Å²) in [6.07, 6.45) is 3.72. The number of nitrogens with zero attached hydrogens (tertiary/aromatic N) is 1. The highest BCUT2D eigenvalue weighted by Gasteiger charge is 2.30. The Morgan fingerprint density at radius 1 is 1.35 bits per heavy atom. The van der Waals surface area contributed by atoms with Crippen LogP contribution in [0.4, 0.5) is 0 Å². The van der Waals surface area contributed by atoms with Crippen molar-refractivity contribution in [3.63, 3.8) is 0 Å². The lowest BCUT2D eigenvalue weighted by molar-refractivity contribution is -0.118. The second-order valence-electron chi connectivity index (χ2n) is 5.54. The first kappa shape index (κ1) is 14.5. The van der Waals surface area contributed by atoms with E-state index in [1.165, 1.54) is 6.42 Å². The lowest BCUT2D eigenvalue weighted by Gasteiger charge is -2.42. The normalized spacial score (nSPS) is 30.4. The molecule has 0 aromatic rings. The van der Waals surface area contributed by atoms with E-state index in [4.69, 9.17) is 11.5 Å². The zero-order valence-electron chi connectivity index (χ0n) is 11.2. The number of carbonyl (C=O) groups is 1. The Hall–Kier alpha value is -0.610. The van der Waals surface area contributed by atoms with Crippen molar-refractivity contribution in [1.29, 1.82) is 0 Å². The van der Waals surface area contributed by atoms with Crippen molar-refractivity contribution in [1.82, 2.24) is 4.90 Å². The van der Waals surface area contributed by atoms with Crippen LogP contribution in [0.5, 0.6) is 0 Å². The van der Waals surface area contributed by atoms with Gasteiger partial charge in [-0.1, -0.05) is 13.8 Å². The van der Waals surface area contributed by atoms with Gasteiger partial charge in [0.1, 0.15) is 0 Å². The fourth-order valence-corrected chi connectivity index (χ4v) is 3.01. The molecule has 4 nitrogen and oxygen atoms in total. The monoisotopic (exact) mass is 241 g/mol. The van der Waals surface area contributed by atoms with Crippen LogP contribution in [0, 0.1) is 11.8 Å². The minimum Gasteiger partial charge on any atom is -0.370 e. The predicted octanol–water partition coefficient (Wildman–Crippen LogP) is 0.947. The van der Waals surface area contributed by atoms with E-state index in [1.54, 1.807) is 0 Å². The largest absolute Gasteiger partial charge is 0.370 e. The molecule has 4 heteroatoms. The van der Waals surface area contributed by atoms with Crippen LogP contribution in [-0.2, 0) is 4.79 Å². The Morgan fingerprint density at radius 2 is 2.06 bits per heavy atom. The van der Waals surface area contributed by atoms with E-state index >= 15 is 0 Å². The third-order valence-corrected chi connectivity index (χ3v) is 3.81. The lowest BCUT2D eigenvalue weighted by atomic mass is 9.85. The number of likely N-dealkylation sites (tertiary alicyclic amines) is 1. The summed E-state index contributed by atoms with van der Waals surface area (Å²) in [7, 11) is 0. The second kappa shape index (κ2) is 6.97. The fourth-order valence-electron chi connectivity index (χ4n) is 3.01. The molecule has 1 aliphatic rings. The van der Waals surface area contributed by atoms with Gasteiger partial charge in [-0.25, -0.2) is 0 Å². The van der Waals surface area contributed by atoms with E-state index in [9.17, 15) is 4.79 Å². The summed E-state index contributed by atoms with van der Waals surface area (Å²) in [4.78, 5) is 13.2. The molecule has 0 aliphatic carbocycles. The SMILES string of the molecule is CC1CC(C)C(CN)N(CCCCC(N)=O)C1. The summed E-state index contributed by atoms with van der Waals surface area (Å²) in [6.45, 7) is 7.53. The predicted molar refractivity (Wildman–Crippen MR) is 70.4 cm³/mol. The van der Waals surface area contributed by atoms with Gasteiger partial charge in [-0.05, 0) is 37.6 Å². The summed E-state index contributed by atoms with van der Waals surface area (Å²) in [5.41, 5.74) is 11.0. The van der Waals surface area contributed by atoms with Gasteiger partial charge in [-0.3, -0.25) is 9.69 Å². The molecule has 0 radical (unpaired) electrons. The van der Waals surface area contributed by atoms with Gasteiger partial charge in [0.25, 0.3) is 0 Å². The number of primary amides is 1. The average Bonchev–Trinajstić information content (AvgIpc) is 2.23. The van der Waals surface area contributed by atoms with Crippen LogP contribution in [0.25, 0.3) is 0 Å². The fraction of sp³-hybridized carbons (Fsp3) is 0.923. The molecule has 1 aliphatic heterocycles. The van der Waals surface area contributed by atoms with Gasteiger partial charge in [-0.2, -0.15) is 0 Å². The third-order valence-electron chi connectivity index (χ3n) is 3.81. The molecule has 1 heterocycles. The standard InChI is InChI=1S/C13H27N3O/c1-10-7-11(2)12(8-14)16(9-10)6-4-3-5-13(15)17/h10-12H,3-9,14H2,1-2H3,(H2,15,17). The van der Waals surface area contributed by atoms with Crippen molar-refractivity contribution >= 4 is 5.91 Å². The summed E-state index contributed by atoms with van der Waals surface area (Å²) in [6, 6.07) is 0.514. The second-order valence-corrected chi connectivity index (χ2v) is 5.54. The van der Waals surface area contributed by atoms with Gasteiger partial charge >= 0.3 is 0 Å². The highest BCUT2D eigenvalue weighted by atomic mass is 16.1. The van der Waals surface area contributed by atoms with Crippen LogP contribution in [0.1, 0.15) is 39.5 Å². The minimum absolute atomic E-state index is 0.194. The van der Waals surface area contributed by atoms with Crippen LogP contribution in [0.2, 0.25) is 0 Å². The van der Waals surface area contributed by atoms with Crippen LogP contribution >= 0.6 is 0 Å². The van der Waals surface area contributed by atoms with E-state index < -0.39 is 0 Å². The Kier molecular flexibility index (Phi) is 5.92. The van der Waals surface area contributed by atoms with Gasteiger partial charge in [0.05, 0.1) is 0 Å².